The topological polar surface area (TPSA) is 99.6 Å². The van der Waals surface area contributed by atoms with Gasteiger partial charge in [-0.1, -0.05) is 43.5 Å². The summed E-state index contributed by atoms with van der Waals surface area (Å²) in [5, 5.41) is 9.83. The summed E-state index contributed by atoms with van der Waals surface area (Å²) >= 11 is 6.19. The zero-order chi connectivity index (χ0) is 34.5. The van der Waals surface area contributed by atoms with Gasteiger partial charge in [-0.3, -0.25) is 14.4 Å². The summed E-state index contributed by atoms with van der Waals surface area (Å²) in [6.07, 6.45) is 7.86. The molecule has 258 valence electrons. The lowest BCUT2D eigenvalue weighted by Crippen LogP contribution is -2.56. The molecule has 10 heteroatoms. The molecule has 0 radical (unpaired) electrons. The number of carbonyl (C=O) groups excluding carboxylic acids is 3. The van der Waals surface area contributed by atoms with Gasteiger partial charge in [-0.2, -0.15) is 0 Å². The van der Waals surface area contributed by atoms with Crippen LogP contribution in [0.15, 0.2) is 73.8 Å². The summed E-state index contributed by atoms with van der Waals surface area (Å²) < 4.78 is 12.7. The van der Waals surface area contributed by atoms with E-state index in [0.717, 1.165) is 12.8 Å². The van der Waals surface area contributed by atoms with Crippen LogP contribution in [0, 0.1) is 11.8 Å². The van der Waals surface area contributed by atoms with Crippen LogP contribution in [0.2, 0.25) is 5.02 Å². The molecule has 2 aromatic rings. The van der Waals surface area contributed by atoms with Crippen molar-refractivity contribution in [2.24, 2.45) is 11.8 Å². The van der Waals surface area contributed by atoms with Crippen LogP contribution in [0.3, 0.4) is 0 Å². The Bertz CT molecular complexity index is 1480. The number of nitrogens with zero attached hydrogens (tertiary/aromatic N) is 3. The lowest BCUT2D eigenvalue weighted by atomic mass is 9.64. The number of aliphatic hydroxyl groups is 1. The molecule has 1 N–H and O–H groups in total. The van der Waals surface area contributed by atoms with Crippen molar-refractivity contribution < 1.29 is 29.0 Å². The molecule has 3 saturated heterocycles. The van der Waals surface area contributed by atoms with Crippen molar-refractivity contribution in [3.8, 4) is 5.75 Å². The fourth-order valence-corrected chi connectivity index (χ4v) is 8.22. The van der Waals surface area contributed by atoms with Crippen LogP contribution in [0.5, 0.6) is 5.75 Å². The third-order valence-electron chi connectivity index (χ3n) is 10.2. The third-order valence-corrected chi connectivity index (χ3v) is 10.5. The minimum absolute atomic E-state index is 0.110. The van der Waals surface area contributed by atoms with Gasteiger partial charge >= 0.3 is 0 Å². The Morgan fingerprint density at radius 2 is 1.56 bits per heavy atom. The number of rotatable bonds is 17. The van der Waals surface area contributed by atoms with Crippen LogP contribution in [-0.4, -0.2) is 77.8 Å². The summed E-state index contributed by atoms with van der Waals surface area (Å²) in [5.74, 6) is -1.60. The van der Waals surface area contributed by atoms with Crippen LogP contribution in [0.4, 0.5) is 11.4 Å². The molecular weight excluding hydrogens is 630 g/mol. The van der Waals surface area contributed by atoms with E-state index in [1.807, 2.05) is 38.1 Å². The highest BCUT2D eigenvalue weighted by atomic mass is 35.5. The molecule has 2 bridgehead atoms. The van der Waals surface area contributed by atoms with Crippen LogP contribution < -0.4 is 14.5 Å². The first-order chi connectivity index (χ1) is 23.2. The van der Waals surface area contributed by atoms with Gasteiger partial charge in [-0.05, 0) is 87.6 Å². The van der Waals surface area contributed by atoms with Crippen molar-refractivity contribution in [2.75, 3.05) is 42.6 Å². The summed E-state index contributed by atoms with van der Waals surface area (Å²) in [5.41, 5.74) is -0.750. The fourth-order valence-electron chi connectivity index (χ4n) is 8.09. The number of hydrogen-bond acceptors (Lipinski definition) is 6. The Hall–Kier alpha value is -3.66. The molecule has 5 atom stereocenters. The Labute approximate surface area is 289 Å². The standard InChI is InChI=1S/C38H48ClN3O6/c1-5-23-40(29-17-19-30(20-18-29)47-8-4)34(44)31-32-35(45)42(25-11-9-10-12-26-43)33(38(32)22-21-37(31,7-3)48-38)36(46)41(24-6-2)28-15-13-27(39)14-16-28/h5-6,13-20,31-33,43H,1-2,7-12,21-26H2,3-4H3/t31-,32+,33?,37+,38?/m1/s1. The lowest BCUT2D eigenvalue weighted by Gasteiger charge is -2.37. The summed E-state index contributed by atoms with van der Waals surface area (Å²) in [6, 6.07) is 13.4. The molecule has 9 nitrogen and oxygen atoms in total. The smallest absolute Gasteiger partial charge is 0.253 e. The van der Waals surface area contributed by atoms with Gasteiger partial charge in [0.05, 0.1) is 24.0 Å². The van der Waals surface area contributed by atoms with Crippen molar-refractivity contribution in [3.05, 3.63) is 78.9 Å². The Kier molecular flexibility index (Phi) is 11.3. The molecule has 2 unspecified atom stereocenters. The highest BCUT2D eigenvalue weighted by Crippen LogP contribution is 2.65. The molecule has 48 heavy (non-hydrogen) atoms. The second-order valence-corrected chi connectivity index (χ2v) is 13.3. The first kappa shape index (κ1) is 35.6. The van der Waals surface area contributed by atoms with E-state index in [1.54, 1.807) is 51.1 Å². The quantitative estimate of drug-likeness (QED) is 0.159. The first-order valence-electron chi connectivity index (χ1n) is 17.2. The molecule has 1 spiro atoms. The average Bonchev–Trinajstić information content (AvgIpc) is 3.70. The molecular formula is C38H48ClN3O6. The van der Waals surface area contributed by atoms with Crippen LogP contribution >= 0.6 is 11.6 Å². The van der Waals surface area contributed by atoms with E-state index < -0.39 is 29.1 Å². The number of aliphatic hydroxyl groups excluding tert-OH is 1. The summed E-state index contributed by atoms with van der Waals surface area (Å²) in [4.78, 5) is 49.5. The molecule has 0 aliphatic carbocycles. The van der Waals surface area contributed by atoms with Gasteiger partial charge in [-0.25, -0.2) is 0 Å². The Morgan fingerprint density at radius 1 is 0.958 bits per heavy atom. The minimum Gasteiger partial charge on any atom is -0.494 e. The number of halogens is 1. The monoisotopic (exact) mass is 677 g/mol. The highest BCUT2D eigenvalue weighted by molar-refractivity contribution is 6.30. The second kappa shape index (κ2) is 15.3. The van der Waals surface area contributed by atoms with E-state index in [4.69, 9.17) is 21.1 Å². The fraction of sp³-hybridized carbons (Fsp3) is 0.500. The predicted octanol–water partition coefficient (Wildman–Crippen LogP) is 6.18. The zero-order valence-corrected chi connectivity index (χ0v) is 28.9. The average molecular weight is 678 g/mol. The van der Waals surface area contributed by atoms with Crippen molar-refractivity contribution in [1.82, 2.24) is 4.90 Å². The maximum absolute atomic E-state index is 14.9. The number of benzene rings is 2. The normalized spacial score (nSPS) is 25.5. The Balaban J connectivity index is 1.56. The van der Waals surface area contributed by atoms with E-state index in [2.05, 4.69) is 13.2 Å². The molecule has 3 amide bonds. The first-order valence-corrected chi connectivity index (χ1v) is 17.5. The number of ether oxygens (including phenoxy) is 2. The highest BCUT2D eigenvalue weighted by Gasteiger charge is 2.79. The number of anilines is 2. The van der Waals surface area contributed by atoms with Gasteiger partial charge < -0.3 is 29.3 Å². The molecule has 3 aliphatic heterocycles. The van der Waals surface area contributed by atoms with Gasteiger partial charge in [-0.15, -0.1) is 13.2 Å². The molecule has 3 fully saturated rings. The van der Waals surface area contributed by atoms with E-state index in [-0.39, 0.29) is 37.4 Å². The van der Waals surface area contributed by atoms with Crippen LogP contribution in [0.25, 0.3) is 0 Å². The van der Waals surface area contributed by atoms with Gasteiger partial charge in [0.2, 0.25) is 11.8 Å². The number of unbranched alkanes of at least 4 members (excludes halogenated alkanes) is 3. The predicted molar refractivity (Wildman–Crippen MR) is 188 cm³/mol. The zero-order valence-electron chi connectivity index (χ0n) is 28.1. The van der Waals surface area contributed by atoms with E-state index in [0.29, 0.717) is 67.4 Å². The number of hydrogen-bond donors (Lipinski definition) is 1. The van der Waals surface area contributed by atoms with Crippen molar-refractivity contribution >= 4 is 40.7 Å². The number of likely N-dealkylation sites (tertiary alicyclic amines) is 1. The van der Waals surface area contributed by atoms with E-state index in [9.17, 15) is 19.5 Å². The van der Waals surface area contributed by atoms with Crippen LogP contribution in [0.1, 0.15) is 58.8 Å². The SMILES string of the molecule is C=CCN(C(=O)C1N(CCCCCCO)C(=O)[C@@H]2[C@H](C(=O)N(CC=C)c3ccc(OCC)cc3)[C@]3(CC)CCC12O3)c1ccc(Cl)cc1. The molecule has 5 rings (SSSR count). The summed E-state index contributed by atoms with van der Waals surface area (Å²) in [7, 11) is 0. The van der Waals surface area contributed by atoms with Crippen LogP contribution in [-0.2, 0) is 19.1 Å². The summed E-state index contributed by atoms with van der Waals surface area (Å²) in [6.45, 7) is 13.2. The van der Waals surface area contributed by atoms with Gasteiger partial charge in [0.15, 0.2) is 0 Å². The minimum atomic E-state index is -1.17. The van der Waals surface area contributed by atoms with E-state index >= 15 is 0 Å². The molecule has 0 aromatic heterocycles. The van der Waals surface area contributed by atoms with E-state index in [1.165, 1.54) is 0 Å². The van der Waals surface area contributed by atoms with Gasteiger partial charge in [0.25, 0.3) is 5.91 Å². The maximum atomic E-state index is 14.9. The largest absolute Gasteiger partial charge is 0.494 e. The number of fused-ring (bicyclic) bond motifs is 1. The van der Waals surface area contributed by atoms with Crippen molar-refractivity contribution in [2.45, 2.75) is 76.0 Å². The molecule has 3 heterocycles. The van der Waals surface area contributed by atoms with Gasteiger partial charge in [0.1, 0.15) is 17.4 Å². The second-order valence-electron chi connectivity index (χ2n) is 12.9. The van der Waals surface area contributed by atoms with Crippen molar-refractivity contribution in [3.63, 3.8) is 0 Å². The van der Waals surface area contributed by atoms with Crippen molar-refractivity contribution in [1.29, 1.82) is 0 Å². The lowest BCUT2D eigenvalue weighted by molar-refractivity contribution is -0.146. The Morgan fingerprint density at radius 3 is 2.15 bits per heavy atom. The van der Waals surface area contributed by atoms with Gasteiger partial charge in [0, 0.05) is 42.6 Å². The molecule has 0 saturated carbocycles. The number of amides is 3. The molecule has 3 aliphatic rings. The molecule has 2 aromatic carbocycles. The third kappa shape index (κ3) is 6.40. The maximum Gasteiger partial charge on any atom is 0.253 e. The number of carbonyl (C=O) groups is 3.